The smallest absolute Gasteiger partial charge is 0.358 e. The molecule has 6 heteroatoms. The van der Waals surface area contributed by atoms with Crippen molar-refractivity contribution in [1.82, 2.24) is 9.97 Å². The van der Waals surface area contributed by atoms with Crippen LogP contribution >= 0.6 is 0 Å². The van der Waals surface area contributed by atoms with Crippen LogP contribution in [0.1, 0.15) is 37.1 Å². The van der Waals surface area contributed by atoms with Crippen molar-refractivity contribution in [3.8, 4) is 5.75 Å². The summed E-state index contributed by atoms with van der Waals surface area (Å²) in [6, 6.07) is 0. The molecule has 0 unspecified atom stereocenters. The second-order valence-corrected chi connectivity index (χ2v) is 4.17. The molecule has 0 aromatic carbocycles. The molecule has 0 amide bonds. The van der Waals surface area contributed by atoms with Crippen LogP contribution in [0.2, 0.25) is 0 Å². The van der Waals surface area contributed by atoms with Crippen LogP contribution in [-0.4, -0.2) is 26.2 Å². The molecule has 1 rings (SSSR count). The van der Waals surface area contributed by atoms with E-state index in [1.165, 1.54) is 0 Å². The lowest BCUT2D eigenvalue weighted by Gasteiger charge is -2.17. The van der Waals surface area contributed by atoms with Crippen molar-refractivity contribution in [2.75, 3.05) is 0 Å². The number of hydrogen-bond donors (Lipinski definition) is 3. The number of carbonyl (C=O) groups is 1. The molecule has 15 heavy (non-hydrogen) atoms. The Hall–Kier alpha value is -1.85. The third-order valence-electron chi connectivity index (χ3n) is 1.81. The van der Waals surface area contributed by atoms with Crippen molar-refractivity contribution in [3.63, 3.8) is 0 Å². The normalized spacial score (nSPS) is 11.4. The van der Waals surface area contributed by atoms with Crippen molar-refractivity contribution < 1.29 is 15.0 Å². The zero-order chi connectivity index (χ0) is 11.8. The predicted octanol–water partition coefficient (Wildman–Crippen LogP) is 0.471. The lowest BCUT2D eigenvalue weighted by Crippen LogP contribution is -2.24. The van der Waals surface area contributed by atoms with Crippen molar-refractivity contribution in [2.24, 2.45) is 0 Å². The first-order valence-electron chi connectivity index (χ1n) is 4.30. The Morgan fingerprint density at radius 1 is 1.40 bits per heavy atom. The first-order chi connectivity index (χ1) is 6.73. The summed E-state index contributed by atoms with van der Waals surface area (Å²) >= 11 is 0. The maximum absolute atomic E-state index is 11.2. The van der Waals surface area contributed by atoms with Crippen LogP contribution in [-0.2, 0) is 5.41 Å². The number of nitrogens with zero attached hydrogens (tertiary/aromatic N) is 1. The topological polar surface area (TPSA) is 103 Å². The van der Waals surface area contributed by atoms with Gasteiger partial charge in [-0.05, 0) is 0 Å². The van der Waals surface area contributed by atoms with Gasteiger partial charge in [0.05, 0.1) is 0 Å². The van der Waals surface area contributed by atoms with Crippen molar-refractivity contribution >= 4 is 5.97 Å². The van der Waals surface area contributed by atoms with Crippen LogP contribution in [0.15, 0.2) is 4.79 Å². The van der Waals surface area contributed by atoms with Gasteiger partial charge >= 0.3 is 5.97 Å². The quantitative estimate of drug-likeness (QED) is 0.627. The summed E-state index contributed by atoms with van der Waals surface area (Å²) in [5.41, 5.74) is -1.95. The second kappa shape index (κ2) is 3.38. The molecule has 0 fully saturated rings. The van der Waals surface area contributed by atoms with Crippen LogP contribution in [0.5, 0.6) is 5.75 Å². The van der Waals surface area contributed by atoms with Crippen LogP contribution in [0.4, 0.5) is 0 Å². The monoisotopic (exact) mass is 212 g/mol. The number of H-pyrrole nitrogens is 1. The van der Waals surface area contributed by atoms with E-state index in [0.29, 0.717) is 0 Å². The van der Waals surface area contributed by atoms with Crippen molar-refractivity contribution in [2.45, 2.75) is 26.2 Å². The minimum atomic E-state index is -1.43. The minimum Gasteiger partial charge on any atom is -0.501 e. The van der Waals surface area contributed by atoms with Gasteiger partial charge in [-0.1, -0.05) is 20.8 Å². The summed E-state index contributed by atoms with van der Waals surface area (Å²) in [6.45, 7) is 5.32. The van der Waals surface area contributed by atoms with Crippen LogP contribution < -0.4 is 5.56 Å². The number of aromatic amines is 1. The van der Waals surface area contributed by atoms with Gasteiger partial charge in [0.25, 0.3) is 5.56 Å². The van der Waals surface area contributed by atoms with E-state index >= 15 is 0 Å². The van der Waals surface area contributed by atoms with E-state index in [9.17, 15) is 14.7 Å². The molecule has 0 aliphatic heterocycles. The molecular formula is C9H12N2O4. The molecule has 1 heterocycles. The highest BCUT2D eigenvalue weighted by molar-refractivity contribution is 5.88. The van der Waals surface area contributed by atoms with Gasteiger partial charge in [0.15, 0.2) is 5.69 Å². The van der Waals surface area contributed by atoms with Gasteiger partial charge in [-0.2, -0.15) is 0 Å². The highest BCUT2D eigenvalue weighted by Crippen LogP contribution is 2.19. The van der Waals surface area contributed by atoms with Crippen LogP contribution in [0.3, 0.4) is 0 Å². The fourth-order valence-electron chi connectivity index (χ4n) is 0.971. The van der Waals surface area contributed by atoms with Crippen LogP contribution in [0.25, 0.3) is 0 Å². The highest BCUT2D eigenvalue weighted by Gasteiger charge is 2.23. The Bertz CT molecular complexity index is 456. The van der Waals surface area contributed by atoms with Crippen LogP contribution in [0, 0.1) is 0 Å². The number of aromatic carboxylic acids is 1. The lowest BCUT2D eigenvalue weighted by molar-refractivity contribution is 0.0685. The fraction of sp³-hybridized carbons (Fsp3) is 0.444. The number of aromatic hydroxyl groups is 1. The maximum atomic E-state index is 11.2. The van der Waals surface area contributed by atoms with Gasteiger partial charge < -0.3 is 15.2 Å². The maximum Gasteiger partial charge on any atom is 0.358 e. The number of hydrogen-bond acceptors (Lipinski definition) is 4. The van der Waals surface area contributed by atoms with E-state index in [2.05, 4.69) is 9.97 Å². The third kappa shape index (κ3) is 2.15. The standard InChI is InChI=1S/C9H12N2O4/c1-9(2,3)8-10-4(7(14)15)5(12)6(13)11-8/h12H,1-3H3,(H,14,15)(H,10,11,13). The summed E-state index contributed by atoms with van der Waals surface area (Å²) < 4.78 is 0. The summed E-state index contributed by atoms with van der Waals surface area (Å²) in [6.07, 6.45) is 0. The van der Waals surface area contributed by atoms with E-state index in [4.69, 9.17) is 5.11 Å². The number of carboxylic acid groups (broad SMARTS) is 1. The highest BCUT2D eigenvalue weighted by atomic mass is 16.4. The Morgan fingerprint density at radius 3 is 2.33 bits per heavy atom. The molecule has 0 aliphatic carbocycles. The predicted molar refractivity (Wildman–Crippen MR) is 52.2 cm³/mol. The molecule has 1 aromatic heterocycles. The number of aromatic nitrogens is 2. The Balaban J connectivity index is 3.50. The molecule has 1 aromatic rings. The molecule has 6 nitrogen and oxygen atoms in total. The van der Waals surface area contributed by atoms with Gasteiger partial charge in [-0.25, -0.2) is 9.78 Å². The largest absolute Gasteiger partial charge is 0.501 e. The summed E-state index contributed by atoms with van der Waals surface area (Å²) in [7, 11) is 0. The van der Waals surface area contributed by atoms with Gasteiger partial charge in [0, 0.05) is 5.41 Å². The zero-order valence-electron chi connectivity index (χ0n) is 8.66. The summed E-state index contributed by atoms with van der Waals surface area (Å²) in [5, 5.41) is 17.9. The SMILES string of the molecule is CC(C)(C)c1nc(C(=O)O)c(O)c(=O)[nH]1. The number of rotatable bonds is 1. The molecule has 0 spiro atoms. The van der Waals surface area contributed by atoms with E-state index in [1.807, 2.05) is 0 Å². The Kier molecular flexibility index (Phi) is 2.53. The molecule has 0 atom stereocenters. The fourth-order valence-corrected chi connectivity index (χ4v) is 0.971. The van der Waals surface area contributed by atoms with Gasteiger partial charge in [0.2, 0.25) is 5.75 Å². The minimum absolute atomic E-state index is 0.225. The Labute approximate surface area is 85.6 Å². The van der Waals surface area contributed by atoms with E-state index in [0.717, 1.165) is 0 Å². The number of carboxylic acids is 1. The molecule has 3 N–H and O–H groups in total. The number of nitrogens with one attached hydrogen (secondary N) is 1. The summed E-state index contributed by atoms with van der Waals surface area (Å²) in [4.78, 5) is 27.9. The second-order valence-electron chi connectivity index (χ2n) is 4.17. The zero-order valence-corrected chi connectivity index (χ0v) is 8.66. The lowest BCUT2D eigenvalue weighted by atomic mass is 9.95. The third-order valence-corrected chi connectivity index (χ3v) is 1.81. The molecule has 0 saturated heterocycles. The van der Waals surface area contributed by atoms with Gasteiger partial charge in [-0.15, -0.1) is 0 Å². The van der Waals surface area contributed by atoms with Crippen molar-refractivity contribution in [1.29, 1.82) is 0 Å². The van der Waals surface area contributed by atoms with Gasteiger partial charge in [0.1, 0.15) is 5.82 Å². The molecular weight excluding hydrogens is 200 g/mol. The first-order valence-corrected chi connectivity index (χ1v) is 4.30. The first kappa shape index (κ1) is 11.2. The van der Waals surface area contributed by atoms with E-state index in [-0.39, 0.29) is 5.82 Å². The average molecular weight is 212 g/mol. The molecule has 82 valence electrons. The molecule has 0 aliphatic rings. The van der Waals surface area contributed by atoms with Gasteiger partial charge in [-0.3, -0.25) is 4.79 Å². The van der Waals surface area contributed by atoms with E-state index in [1.54, 1.807) is 20.8 Å². The average Bonchev–Trinajstić information content (AvgIpc) is 2.06. The van der Waals surface area contributed by atoms with E-state index < -0.39 is 28.4 Å². The Morgan fingerprint density at radius 2 is 1.93 bits per heavy atom. The summed E-state index contributed by atoms with van der Waals surface area (Å²) in [5.74, 6) is -2.07. The van der Waals surface area contributed by atoms with Crippen molar-refractivity contribution in [3.05, 3.63) is 21.9 Å². The molecule has 0 bridgehead atoms. The molecule has 0 radical (unpaired) electrons. The molecule has 0 saturated carbocycles.